The second-order valence-corrected chi connectivity index (χ2v) is 46.6. The van der Waals surface area contributed by atoms with E-state index in [1.807, 2.05) is 36.1 Å². The molecule has 0 radical (unpaired) electrons. The average Bonchev–Trinajstić information content (AvgIpc) is 1.54. The van der Waals surface area contributed by atoms with Gasteiger partial charge in [0.25, 0.3) is 0 Å². The van der Waals surface area contributed by atoms with Crippen LogP contribution < -0.4 is 26.0 Å². The van der Waals surface area contributed by atoms with E-state index < -0.39 is 6.10 Å². The molecule has 782 valence electrons. The number of hydrogen-bond acceptors (Lipinski definition) is 18. The molecule has 11 aliphatic heterocycles. The van der Waals surface area contributed by atoms with Crippen LogP contribution >= 0.6 is 0 Å². The van der Waals surface area contributed by atoms with Crippen LogP contribution in [0.5, 0.6) is 5.75 Å². The molecule has 0 bridgehead atoms. The molecule has 3 unspecified atom stereocenters. The van der Waals surface area contributed by atoms with Gasteiger partial charge in [0.1, 0.15) is 5.75 Å². The Labute approximate surface area is 862 Å². The zero-order valence-corrected chi connectivity index (χ0v) is 88.0. The molecule has 24 rings (SSSR count). The summed E-state index contributed by atoms with van der Waals surface area (Å²) in [5.74, 6) is 5.00. The summed E-state index contributed by atoms with van der Waals surface area (Å²) in [7, 11) is 1.69. The van der Waals surface area contributed by atoms with Gasteiger partial charge in [-0.05, 0) is 248 Å². The van der Waals surface area contributed by atoms with Crippen molar-refractivity contribution in [1.82, 2.24) is 50.0 Å². The lowest BCUT2D eigenvalue weighted by atomic mass is 9.76. The number of aromatic amines is 2. The van der Waals surface area contributed by atoms with E-state index >= 15 is 0 Å². The summed E-state index contributed by atoms with van der Waals surface area (Å²) in [6.07, 6.45) is 15.7. The molecule has 23 atom stereocenters. The van der Waals surface area contributed by atoms with E-state index in [0.717, 1.165) is 158 Å². The number of nitro groups is 1. The number of aromatic nitrogens is 2. The van der Waals surface area contributed by atoms with Gasteiger partial charge in [-0.15, -0.1) is 0 Å². The van der Waals surface area contributed by atoms with Crippen LogP contribution in [-0.2, 0) is 117 Å². The minimum Gasteiger partial charge on any atom is -0.497 e. The topological polar surface area (TPSA) is 382 Å². The van der Waals surface area contributed by atoms with Crippen molar-refractivity contribution >= 4 is 87.1 Å². The van der Waals surface area contributed by atoms with E-state index in [1.54, 1.807) is 14.0 Å². The number of rotatable bonds is 13. The molecule has 11 fully saturated rings. The summed E-state index contributed by atoms with van der Waals surface area (Å²) in [6.45, 7) is 35.1. The molecule has 147 heavy (non-hydrogen) atoms. The first-order valence-electron chi connectivity index (χ1n) is 54.2. The minimum atomic E-state index is -0.599. The van der Waals surface area contributed by atoms with Crippen molar-refractivity contribution in [1.29, 1.82) is 0 Å². The molecular weight excluding hydrogens is 1860 g/mol. The Morgan fingerprint density at radius 1 is 0.476 bits per heavy atom. The Morgan fingerprint density at radius 2 is 0.857 bits per heavy atom. The molecule has 6 saturated heterocycles. The number of para-hydroxylation sites is 2. The van der Waals surface area contributed by atoms with Crippen LogP contribution in [0.3, 0.4) is 0 Å². The smallest absolute Gasteiger partial charge is 0.373 e. The molecule has 8 aromatic rings. The molecular formula is C118H149N13O16. The first kappa shape index (κ1) is 105. The lowest BCUT2D eigenvalue weighted by Gasteiger charge is -2.43. The van der Waals surface area contributed by atoms with Gasteiger partial charge in [0.2, 0.25) is 53.8 Å². The summed E-state index contributed by atoms with van der Waals surface area (Å²) < 4.78 is 5.39. The highest BCUT2D eigenvalue weighted by molar-refractivity contribution is 5.92. The number of aliphatic hydroxyl groups is 1. The van der Waals surface area contributed by atoms with E-state index in [0.29, 0.717) is 81.3 Å². The molecule has 2 aromatic heterocycles. The maximum Gasteiger partial charge on any atom is 0.373 e. The predicted octanol–water partition coefficient (Wildman–Crippen LogP) is 14.6. The molecule has 13 heterocycles. The van der Waals surface area contributed by atoms with Gasteiger partial charge in [0.15, 0.2) is 0 Å². The third-order valence-electron chi connectivity index (χ3n) is 37.9. The third-order valence-corrected chi connectivity index (χ3v) is 37.9. The number of amides is 8. The van der Waals surface area contributed by atoms with Gasteiger partial charge in [0, 0.05) is 200 Å². The fourth-order valence-electron chi connectivity index (χ4n) is 32.4. The molecule has 29 nitrogen and oxygen atoms in total. The van der Waals surface area contributed by atoms with Gasteiger partial charge in [-0.2, -0.15) is 19.2 Å². The number of H-pyrrole nitrogens is 2. The highest BCUT2D eigenvalue weighted by atomic mass is 16.6. The summed E-state index contributed by atoms with van der Waals surface area (Å²) in [6, 6.07) is 45.0. The van der Waals surface area contributed by atoms with E-state index in [1.165, 1.54) is 83.2 Å². The highest BCUT2D eigenvalue weighted by Gasteiger charge is 2.71. The Hall–Kier alpha value is -12.2. The number of nitrogens with two attached hydrogens (primary N) is 1. The number of carbonyl (C=O) groups is 8. The van der Waals surface area contributed by atoms with Gasteiger partial charge in [-0.1, -0.05) is 162 Å². The predicted molar refractivity (Wildman–Crippen MR) is 555 cm³/mol. The largest absolute Gasteiger partial charge is 0.497 e. The van der Waals surface area contributed by atoms with E-state index in [4.69, 9.17) is 29.6 Å². The molecule has 8 amide bonds. The third kappa shape index (κ3) is 18.0. The lowest BCUT2D eigenvalue weighted by molar-refractivity contribution is -0.491. The summed E-state index contributed by atoms with van der Waals surface area (Å²) >= 11 is 0. The molecule has 29 heteroatoms. The van der Waals surface area contributed by atoms with Crippen LogP contribution in [0, 0.1) is 126 Å². The van der Waals surface area contributed by atoms with Crippen molar-refractivity contribution in [3.05, 3.63) is 210 Å². The van der Waals surface area contributed by atoms with Gasteiger partial charge in [-0.25, -0.2) is 0 Å². The number of methoxy groups -OCH3 is 1. The zero-order valence-electron chi connectivity index (χ0n) is 88.0. The first-order chi connectivity index (χ1) is 70.4. The van der Waals surface area contributed by atoms with E-state index in [2.05, 4.69) is 229 Å². The zero-order chi connectivity index (χ0) is 105. The maximum absolute atomic E-state index is 14.1. The molecule has 5 aliphatic carbocycles. The van der Waals surface area contributed by atoms with Crippen LogP contribution in [0.4, 0.5) is 5.69 Å². The average molecular weight is 2010 g/mol. The number of anilines is 1. The number of ether oxygens (including phenoxy) is 1. The number of hydrogen-bond donors (Lipinski definition) is 6. The van der Waals surface area contributed by atoms with Crippen molar-refractivity contribution in [2.45, 2.75) is 258 Å². The highest BCUT2D eigenvalue weighted by Crippen LogP contribution is 2.67. The Balaban J connectivity index is 0.000000119. The number of piperazine rings is 1. The normalized spacial score (nSPS) is 31.2. The van der Waals surface area contributed by atoms with Crippen LogP contribution in [0.25, 0.3) is 21.8 Å². The second kappa shape index (κ2) is 41.8. The van der Waals surface area contributed by atoms with Crippen molar-refractivity contribution in [3.63, 3.8) is 0 Å². The Kier molecular flexibility index (Phi) is 29.8. The molecule has 5 saturated carbocycles. The number of aryl methyl sites for hydroxylation is 6. The van der Waals surface area contributed by atoms with Gasteiger partial charge in [-0.3, -0.25) is 48.5 Å². The fraction of sp³-hybridized carbons (Fsp3) is 0.576. The van der Waals surface area contributed by atoms with Crippen LogP contribution in [-0.4, -0.2) is 206 Å². The standard InChI is InChI=1S/C30H37N3O3.C25H36N2O2.C23H32N2O3.C19H21N3O3.C19H23N3O.2CO2/c1-20-9-10-25-22(16-20)6-5-11-33-27(34)18-26-28(21(2)19-30(25,26)33)29(35)32-14-12-31(13-15-32)23-7-4-8-24(17-23)36-3;1-15(2)11-18(5)26-24(29)23-17(4)14-25-20-9-8-16(3)12-19(20)7-6-10-27(25)22(28)13-21(23)25;1-13-7-8-18-17(10-13)6-5-9-25-20(27)11-19-21(14(2)12-23(18,19)25)22(28)24-15(3)16(4)26;1-11-9-19-15(14(11)10-22(24)25)8-17(23)21(19)7-6-13-12-4-2-3-5-16(12)20-18(13)19;1-11-9-19-15(14(11)10-20)8-17(23)22(19)7-6-13-12-4-2-3-5-16(12)21-18(13)19;2*2-1-3/h4,7-10,16-17,21,26,28H,5-6,11-15,18-19H2,1-3H3;8-9,12,15,17-18,21,23H,6-7,10-11,13-14H2,1-5H3,(H,26,29);7-8,10,14-16,19,21,26H,5-6,9,11-12H2,1-4H3,(H,24,28);2-5,11,14-15,20H,6-10H2,1H3;2-5,11,14-15,21H,6-10,20H2,1H3;;/t21-,26-,28+,30?;17-,18+,21-,23+,25?;14-,15+,16+,19-,21+,23?;2*11-,14+,15-,19+;;/m00000../s1. The van der Waals surface area contributed by atoms with Crippen molar-refractivity contribution < 1.29 is 72.3 Å². The molecule has 7 N–H and O–H groups in total. The summed E-state index contributed by atoms with van der Waals surface area (Å²) in [5, 5.41) is 29.9. The minimum absolute atomic E-state index is 0.00393. The van der Waals surface area contributed by atoms with Gasteiger partial charge in [0.05, 0.1) is 47.0 Å². The number of aliphatic hydroxyl groups excluding tert-OH is 1. The SMILES string of the molecule is COc1cccc(N2CCN(C(=O)[C@@H]3[C@@H](C)CC45c6ccc(C)cc6CCCN4C(=O)C[C@@H]35)CC2)c1.C[C@H]1C[C@@]23c4[nH]c5ccccc5c4CCN2C(=O)C[C@H]3[C@@H]1CN.C[C@H]1C[C@@]23c4[nH]c5ccccc5c4CCN2C(=O)C[C@H]3[C@@H]1C[N+](=O)[O-].Cc1ccc2c(c1)CCCN1C(=O)C[C@H]3[C@H](C(=O)N[C@H](C)CC(C)C)[C@@H](C)CC231.Cc1ccc2c(c1)CCCN1C(=O)C[C@H]3[C@H](C(=O)N[C@H](C)[C@@H](C)O)[C@@H](C)CC231.O=C=O.O=C=O. The summed E-state index contributed by atoms with van der Waals surface area (Å²) in [4.78, 5) is 171. The van der Waals surface area contributed by atoms with Gasteiger partial charge >= 0.3 is 12.3 Å². The van der Waals surface area contributed by atoms with Gasteiger partial charge < -0.3 is 70.5 Å². The number of fused-ring (bicyclic) bond motifs is 9. The van der Waals surface area contributed by atoms with Crippen LogP contribution in [0.1, 0.15) is 232 Å². The van der Waals surface area contributed by atoms with E-state index in [9.17, 15) is 53.6 Å². The fourth-order valence-corrected chi connectivity index (χ4v) is 32.4. The monoisotopic (exact) mass is 2000 g/mol. The van der Waals surface area contributed by atoms with Crippen molar-refractivity contribution in [2.75, 3.05) is 84.0 Å². The quantitative estimate of drug-likeness (QED) is 0.0461. The number of nitrogens with one attached hydrogen (secondary N) is 4. The molecule has 6 aromatic carbocycles. The number of carbonyl (C=O) groups excluding carboxylic acids is 12. The molecule has 16 aliphatic rings. The van der Waals surface area contributed by atoms with Crippen LogP contribution in [0.2, 0.25) is 0 Å². The first-order valence-corrected chi connectivity index (χ1v) is 54.2. The Bertz CT molecular complexity index is 6450. The molecule has 5 spiro atoms. The van der Waals surface area contributed by atoms with Crippen molar-refractivity contribution in [3.8, 4) is 5.75 Å². The van der Waals surface area contributed by atoms with E-state index in [-0.39, 0.29) is 176 Å². The van der Waals surface area contributed by atoms with Crippen molar-refractivity contribution in [2.24, 2.45) is 100 Å². The lowest BCUT2D eigenvalue weighted by Crippen LogP contribution is -2.52. The second-order valence-electron chi connectivity index (χ2n) is 46.6. The summed E-state index contributed by atoms with van der Waals surface area (Å²) in [5.41, 5.74) is 25.0. The Morgan fingerprint density at radius 3 is 1.27 bits per heavy atom. The number of nitrogens with zero attached hydrogens (tertiary/aromatic N) is 8. The maximum atomic E-state index is 14.1. The van der Waals surface area contributed by atoms with Crippen LogP contribution in [0.15, 0.2) is 127 Å². The number of benzene rings is 6.